The van der Waals surface area contributed by atoms with E-state index in [1.165, 1.54) is 0 Å². The highest BCUT2D eigenvalue weighted by Crippen LogP contribution is 2.31. The number of piperidine rings is 1. The van der Waals surface area contributed by atoms with E-state index in [9.17, 15) is 22.8 Å². The van der Waals surface area contributed by atoms with Gasteiger partial charge in [0.25, 0.3) is 5.91 Å². The number of urea groups is 1. The molecule has 0 aromatic carbocycles. The number of amides is 4. The Morgan fingerprint density at radius 2 is 2.15 bits per heavy atom. The van der Waals surface area contributed by atoms with E-state index in [0.717, 1.165) is 16.2 Å². The molecule has 2 fully saturated rings. The second kappa shape index (κ2) is 7.01. The van der Waals surface area contributed by atoms with Crippen LogP contribution >= 0.6 is 11.3 Å². The zero-order chi connectivity index (χ0) is 19.9. The SMILES string of the molecule is Nc1nc(CC(=O)N(N)C(=O)[C@@H]2CC[C@@H]3CN2C(=O)N3OS(=O)(=O)O)cs1. The maximum Gasteiger partial charge on any atom is 0.418 e. The number of anilines is 1. The van der Waals surface area contributed by atoms with Crippen molar-refractivity contribution in [2.24, 2.45) is 5.84 Å². The lowest BCUT2D eigenvalue weighted by Gasteiger charge is -2.31. The standard InChI is InChI=1S/C12H16N6O7S2/c13-11-15-6(5-26-11)3-9(19)17(14)10(20)8-2-1-7-4-16(8)12(21)18(7)25-27(22,23)24/h5,7-8H,1-4,14H2,(H2,13,15)(H,22,23,24)/t7-,8+/m1/s1. The third-order valence-corrected chi connectivity index (χ3v) is 5.26. The number of hydrogen-bond acceptors (Lipinski definition) is 10. The largest absolute Gasteiger partial charge is 0.418 e. The van der Waals surface area contributed by atoms with E-state index in [1.807, 2.05) is 0 Å². The van der Waals surface area contributed by atoms with Crippen molar-refractivity contribution in [2.45, 2.75) is 31.3 Å². The first kappa shape index (κ1) is 19.4. The van der Waals surface area contributed by atoms with E-state index in [-0.39, 0.29) is 30.9 Å². The average molecular weight is 420 g/mol. The molecule has 3 heterocycles. The number of aromatic nitrogens is 1. The number of imide groups is 1. The van der Waals surface area contributed by atoms with Crippen LogP contribution in [0, 0.1) is 0 Å². The Morgan fingerprint density at radius 3 is 2.74 bits per heavy atom. The number of hydrazine groups is 1. The van der Waals surface area contributed by atoms with Crippen molar-refractivity contribution < 1.29 is 31.6 Å². The van der Waals surface area contributed by atoms with E-state index < -0.39 is 40.3 Å². The number of nitrogens with two attached hydrogens (primary N) is 2. The highest BCUT2D eigenvalue weighted by molar-refractivity contribution is 7.80. The fourth-order valence-corrected chi connectivity index (χ4v) is 3.97. The first-order valence-corrected chi connectivity index (χ1v) is 9.89. The summed E-state index contributed by atoms with van der Waals surface area (Å²) in [6.07, 6.45) is 0.126. The van der Waals surface area contributed by atoms with Gasteiger partial charge in [-0.05, 0) is 12.8 Å². The molecule has 2 saturated heterocycles. The molecule has 1 aromatic rings. The van der Waals surface area contributed by atoms with Gasteiger partial charge in [0.1, 0.15) is 6.04 Å². The molecular formula is C12H16N6O7S2. The smallest absolute Gasteiger partial charge is 0.375 e. The van der Waals surface area contributed by atoms with E-state index in [0.29, 0.717) is 15.8 Å². The van der Waals surface area contributed by atoms with E-state index >= 15 is 0 Å². The average Bonchev–Trinajstić information content (AvgIpc) is 3.09. The molecule has 0 unspecified atom stereocenters. The molecule has 0 spiro atoms. The summed E-state index contributed by atoms with van der Waals surface area (Å²) in [6.45, 7) is -0.00455. The highest BCUT2D eigenvalue weighted by Gasteiger charge is 2.50. The van der Waals surface area contributed by atoms with Crippen LogP contribution < -0.4 is 11.6 Å². The van der Waals surface area contributed by atoms with Crippen molar-refractivity contribution in [1.82, 2.24) is 20.0 Å². The molecule has 2 bridgehead atoms. The zero-order valence-corrected chi connectivity index (χ0v) is 15.4. The van der Waals surface area contributed by atoms with E-state index in [1.54, 1.807) is 5.38 Å². The van der Waals surface area contributed by atoms with Gasteiger partial charge >= 0.3 is 16.4 Å². The van der Waals surface area contributed by atoms with Gasteiger partial charge in [0.2, 0.25) is 5.91 Å². The minimum Gasteiger partial charge on any atom is -0.375 e. The molecule has 0 aliphatic carbocycles. The molecule has 4 amide bonds. The number of nitrogens with zero attached hydrogens (tertiary/aromatic N) is 4. The lowest BCUT2D eigenvalue weighted by molar-refractivity contribution is -0.148. The summed E-state index contributed by atoms with van der Waals surface area (Å²) in [6, 6.07) is -2.62. The Labute approximate surface area is 157 Å². The topological polar surface area (TPSA) is 189 Å². The number of carbonyl (C=O) groups is 3. The van der Waals surface area contributed by atoms with Crippen LogP contribution in [-0.4, -0.2) is 69.4 Å². The Morgan fingerprint density at radius 1 is 1.44 bits per heavy atom. The normalized spacial score (nSPS) is 22.2. The van der Waals surface area contributed by atoms with Crippen LogP contribution in [0.3, 0.4) is 0 Å². The Kier molecular flexibility index (Phi) is 5.04. The highest BCUT2D eigenvalue weighted by atomic mass is 32.3. The molecule has 2 atom stereocenters. The van der Waals surface area contributed by atoms with Crippen LogP contribution in [-0.2, 0) is 30.7 Å². The quantitative estimate of drug-likeness (QED) is 0.219. The van der Waals surface area contributed by atoms with Gasteiger partial charge in [-0.15, -0.1) is 15.6 Å². The van der Waals surface area contributed by atoms with Gasteiger partial charge in [0.05, 0.1) is 18.2 Å². The predicted octanol–water partition coefficient (Wildman–Crippen LogP) is -1.50. The second-order valence-electron chi connectivity index (χ2n) is 5.97. The van der Waals surface area contributed by atoms with Crippen molar-refractivity contribution in [2.75, 3.05) is 12.3 Å². The molecule has 27 heavy (non-hydrogen) atoms. The fourth-order valence-electron chi connectivity index (χ4n) is 3.02. The molecule has 2 aliphatic heterocycles. The summed E-state index contributed by atoms with van der Waals surface area (Å²) in [7, 11) is -4.89. The Balaban J connectivity index is 1.68. The summed E-state index contributed by atoms with van der Waals surface area (Å²) in [5, 5.41) is 2.75. The summed E-state index contributed by atoms with van der Waals surface area (Å²) in [5.41, 5.74) is 5.84. The number of hydrogen-bond donors (Lipinski definition) is 3. The molecule has 15 heteroatoms. The molecule has 2 aliphatic rings. The molecule has 0 saturated carbocycles. The minimum absolute atomic E-state index is 0.00455. The van der Waals surface area contributed by atoms with Crippen LogP contribution in [0.25, 0.3) is 0 Å². The maximum atomic E-state index is 12.6. The van der Waals surface area contributed by atoms with Crippen LogP contribution in [0.15, 0.2) is 5.38 Å². The molecular weight excluding hydrogens is 404 g/mol. The Hall–Kier alpha value is -2.33. The number of carbonyl (C=O) groups excluding carboxylic acids is 3. The Bertz CT molecular complexity index is 887. The third-order valence-electron chi connectivity index (χ3n) is 4.19. The van der Waals surface area contributed by atoms with Crippen molar-refractivity contribution in [3.05, 3.63) is 11.1 Å². The summed E-state index contributed by atoms with van der Waals surface area (Å²) >= 11 is 1.14. The first-order valence-electron chi connectivity index (χ1n) is 7.65. The van der Waals surface area contributed by atoms with Gasteiger partial charge in [-0.1, -0.05) is 0 Å². The third kappa shape index (κ3) is 4.01. The van der Waals surface area contributed by atoms with Crippen LogP contribution in [0.1, 0.15) is 18.5 Å². The number of fused-ring (bicyclic) bond motifs is 2. The van der Waals surface area contributed by atoms with Gasteiger partial charge in [0.15, 0.2) is 5.13 Å². The molecule has 1 aromatic heterocycles. The van der Waals surface area contributed by atoms with Gasteiger partial charge in [-0.25, -0.2) is 20.6 Å². The second-order valence-corrected chi connectivity index (χ2v) is 7.86. The van der Waals surface area contributed by atoms with Crippen molar-refractivity contribution in [3.8, 4) is 0 Å². The van der Waals surface area contributed by atoms with Crippen molar-refractivity contribution in [3.63, 3.8) is 0 Å². The summed E-state index contributed by atoms with van der Waals surface area (Å²) in [4.78, 5) is 42.0. The van der Waals surface area contributed by atoms with Crippen molar-refractivity contribution in [1.29, 1.82) is 0 Å². The number of thiazole rings is 1. The summed E-state index contributed by atoms with van der Waals surface area (Å²) < 4.78 is 34.8. The molecule has 5 N–H and O–H groups in total. The zero-order valence-electron chi connectivity index (χ0n) is 13.7. The maximum absolute atomic E-state index is 12.6. The van der Waals surface area contributed by atoms with Gasteiger partial charge < -0.3 is 10.6 Å². The summed E-state index contributed by atoms with van der Waals surface area (Å²) in [5.74, 6) is 4.07. The lowest BCUT2D eigenvalue weighted by Crippen LogP contribution is -2.55. The van der Waals surface area contributed by atoms with Gasteiger partial charge in [-0.2, -0.15) is 13.5 Å². The molecule has 148 valence electrons. The van der Waals surface area contributed by atoms with Crippen molar-refractivity contribution >= 4 is 44.7 Å². The van der Waals surface area contributed by atoms with Crippen LogP contribution in [0.4, 0.5) is 9.93 Å². The van der Waals surface area contributed by atoms with E-state index in [4.69, 9.17) is 16.1 Å². The molecule has 13 nitrogen and oxygen atoms in total. The predicted molar refractivity (Wildman–Crippen MR) is 89.7 cm³/mol. The minimum atomic E-state index is -4.89. The lowest BCUT2D eigenvalue weighted by atomic mass is 10.00. The monoisotopic (exact) mass is 420 g/mol. The van der Waals surface area contributed by atoms with E-state index in [2.05, 4.69) is 9.27 Å². The first-order chi connectivity index (χ1) is 12.6. The molecule has 3 rings (SSSR count). The van der Waals surface area contributed by atoms with Gasteiger partial charge in [0, 0.05) is 11.9 Å². The number of hydroxylamine groups is 2. The van der Waals surface area contributed by atoms with Gasteiger partial charge in [-0.3, -0.25) is 14.1 Å². The van der Waals surface area contributed by atoms with Crippen LogP contribution in [0.5, 0.6) is 0 Å². The van der Waals surface area contributed by atoms with Crippen LogP contribution in [0.2, 0.25) is 0 Å². The number of nitrogen functional groups attached to an aromatic ring is 1. The number of rotatable bonds is 5. The molecule has 0 radical (unpaired) electrons. The fraction of sp³-hybridized carbons (Fsp3) is 0.500.